The van der Waals surface area contributed by atoms with E-state index in [1.54, 1.807) is 31.8 Å². The van der Waals surface area contributed by atoms with Gasteiger partial charge >= 0.3 is 7.25 Å². The summed E-state index contributed by atoms with van der Waals surface area (Å²) < 4.78 is 39.0. The van der Waals surface area contributed by atoms with E-state index >= 15 is 0 Å². The fourth-order valence-corrected chi connectivity index (χ4v) is 8.24. The molecule has 0 nitrogen and oxygen atoms in total. The van der Waals surface area contributed by atoms with Gasteiger partial charge in [0.25, 0.3) is 0 Å². The fourth-order valence-electron chi connectivity index (χ4n) is 3.76. The average molecular weight is 359 g/mol. The summed E-state index contributed by atoms with van der Waals surface area (Å²) in [5.74, 6) is 0. The van der Waals surface area contributed by atoms with Gasteiger partial charge in [0.15, 0.2) is 0 Å². The van der Waals surface area contributed by atoms with Crippen molar-refractivity contribution in [3.63, 3.8) is 0 Å². The third kappa shape index (κ3) is 9.71. The van der Waals surface area contributed by atoms with Gasteiger partial charge in [0.1, 0.15) is 0 Å². The molecule has 2 fully saturated rings. The zero-order valence-corrected chi connectivity index (χ0v) is 15.5. The minimum atomic E-state index is -6.00. The quantitative estimate of drug-likeness (QED) is 0.291. The van der Waals surface area contributed by atoms with Crippen molar-refractivity contribution in [1.29, 1.82) is 0 Å². The Kier molecular flexibility index (Phi) is 10.6. The number of rotatable bonds is 5. The monoisotopic (exact) mass is 359 g/mol. The third-order valence-corrected chi connectivity index (χ3v) is 8.86. The van der Waals surface area contributed by atoms with Gasteiger partial charge in [-0.15, -0.1) is 17.2 Å². The Morgan fingerprint density at radius 3 is 1.45 bits per heavy atom. The number of hydrogen-bond acceptors (Lipinski definition) is 0. The van der Waals surface area contributed by atoms with Crippen molar-refractivity contribution in [2.75, 3.05) is 12.3 Å². The van der Waals surface area contributed by atoms with Crippen molar-refractivity contribution < 1.29 is 17.3 Å². The minimum absolute atomic E-state index is 0.384. The Morgan fingerprint density at radius 1 is 0.773 bits per heavy atom. The van der Waals surface area contributed by atoms with Crippen LogP contribution in [0.5, 0.6) is 0 Å². The fraction of sp³-hybridized carbons (Fsp3) is 1.00. The van der Waals surface area contributed by atoms with Gasteiger partial charge in [-0.05, 0) is 55.7 Å². The van der Waals surface area contributed by atoms with Gasteiger partial charge in [-0.1, -0.05) is 38.5 Å². The lowest BCUT2D eigenvalue weighted by Gasteiger charge is -2.38. The molecule has 0 amide bonds. The minimum Gasteiger partial charge on any atom is -0.418 e. The Labute approximate surface area is 136 Å². The summed E-state index contributed by atoms with van der Waals surface area (Å²) in [7, 11) is -2.68. The molecule has 0 aromatic carbocycles. The molecule has 1 atom stereocenters. The van der Waals surface area contributed by atoms with Crippen molar-refractivity contribution in [3.05, 3.63) is 0 Å². The maximum absolute atomic E-state index is 9.75. The largest absolute Gasteiger partial charge is 0.673 e. The van der Waals surface area contributed by atoms with Crippen LogP contribution in [0, 0.1) is 0 Å². The normalized spacial score (nSPS) is 21.5. The summed E-state index contributed by atoms with van der Waals surface area (Å²) in [6.07, 6.45) is 19.9. The second-order valence-electron chi connectivity index (χ2n) is 6.46. The van der Waals surface area contributed by atoms with E-state index < -0.39 is 7.25 Å². The first-order valence-electron chi connectivity index (χ1n) is 8.75. The van der Waals surface area contributed by atoms with Crippen molar-refractivity contribution in [1.82, 2.24) is 0 Å². The number of halogens is 4. The van der Waals surface area contributed by atoms with Crippen LogP contribution in [0.3, 0.4) is 0 Å². The van der Waals surface area contributed by atoms with Gasteiger partial charge in [0, 0.05) is 0 Å². The highest BCUT2D eigenvalue weighted by Crippen LogP contribution is 2.55. The van der Waals surface area contributed by atoms with E-state index in [2.05, 4.69) is 9.24 Å². The molecule has 2 rings (SSSR count). The molecule has 0 bridgehead atoms. The molecule has 0 aliphatic heterocycles. The molecule has 2 aliphatic carbocycles. The molecule has 2 saturated carbocycles. The van der Waals surface area contributed by atoms with Crippen LogP contribution in [0.25, 0.3) is 0 Å². The molecule has 0 saturated heterocycles. The average Bonchev–Trinajstić information content (AvgIpc) is 2.48. The van der Waals surface area contributed by atoms with E-state index in [0.29, 0.717) is 7.92 Å². The number of hydrogen-bond donors (Lipinski definition) is 0. The maximum Gasteiger partial charge on any atom is 0.673 e. The van der Waals surface area contributed by atoms with Gasteiger partial charge < -0.3 is 17.3 Å². The molecule has 0 aromatic heterocycles. The van der Waals surface area contributed by atoms with E-state index in [4.69, 9.17) is 0 Å². The standard InChI is InChI=1S/C15H30P2.BF4/c16-12-7-13-17(14-8-3-1-4-9-14)15-10-5-2-6-11-15;2-1(3,4)5/h14-15H,1-13,16H2;/q;-1. The van der Waals surface area contributed by atoms with Crippen LogP contribution in [0.15, 0.2) is 0 Å². The van der Waals surface area contributed by atoms with Gasteiger partial charge in [0.2, 0.25) is 0 Å². The van der Waals surface area contributed by atoms with Crippen LogP contribution in [0.1, 0.15) is 70.6 Å². The highest BCUT2D eigenvalue weighted by Gasteiger charge is 2.30. The molecule has 0 radical (unpaired) electrons. The lowest BCUT2D eigenvalue weighted by atomic mass is 9.99. The summed E-state index contributed by atoms with van der Waals surface area (Å²) >= 11 is 0. The smallest absolute Gasteiger partial charge is 0.418 e. The van der Waals surface area contributed by atoms with E-state index in [1.807, 2.05) is 0 Å². The van der Waals surface area contributed by atoms with E-state index in [-0.39, 0.29) is 0 Å². The van der Waals surface area contributed by atoms with E-state index in [0.717, 1.165) is 0 Å². The molecule has 0 aromatic rings. The van der Waals surface area contributed by atoms with Crippen molar-refractivity contribution in [2.24, 2.45) is 0 Å². The van der Waals surface area contributed by atoms with Crippen LogP contribution in [0.2, 0.25) is 0 Å². The summed E-state index contributed by atoms with van der Waals surface area (Å²) in [5.41, 5.74) is 2.33. The van der Waals surface area contributed by atoms with Crippen LogP contribution < -0.4 is 0 Å². The molecule has 0 spiro atoms. The molecule has 0 heterocycles. The Bertz CT molecular complexity index is 253. The Hall–Kier alpha value is 0.645. The second kappa shape index (κ2) is 11.2. The van der Waals surface area contributed by atoms with Crippen LogP contribution >= 0.6 is 17.2 Å². The van der Waals surface area contributed by atoms with Crippen LogP contribution in [-0.2, 0) is 0 Å². The zero-order valence-electron chi connectivity index (χ0n) is 13.5. The van der Waals surface area contributed by atoms with Gasteiger partial charge in [-0.2, -0.15) is 0 Å². The van der Waals surface area contributed by atoms with E-state index in [9.17, 15) is 17.3 Å². The topological polar surface area (TPSA) is 0 Å². The molecule has 132 valence electrons. The molecular weight excluding hydrogens is 329 g/mol. The maximum atomic E-state index is 9.75. The zero-order chi connectivity index (χ0) is 16.4. The van der Waals surface area contributed by atoms with Crippen LogP contribution in [-0.4, -0.2) is 30.9 Å². The first kappa shape index (κ1) is 20.7. The van der Waals surface area contributed by atoms with Crippen molar-refractivity contribution >= 4 is 24.4 Å². The van der Waals surface area contributed by atoms with E-state index in [1.165, 1.54) is 62.4 Å². The Morgan fingerprint density at radius 2 is 1.14 bits per heavy atom. The van der Waals surface area contributed by atoms with Crippen molar-refractivity contribution in [3.8, 4) is 0 Å². The lowest BCUT2D eigenvalue weighted by Crippen LogP contribution is -2.22. The third-order valence-electron chi connectivity index (χ3n) is 4.71. The summed E-state index contributed by atoms with van der Waals surface area (Å²) in [4.78, 5) is 0. The van der Waals surface area contributed by atoms with Gasteiger partial charge in [-0.3, -0.25) is 0 Å². The summed E-state index contributed by atoms with van der Waals surface area (Å²) in [5, 5.41) is 0. The van der Waals surface area contributed by atoms with Gasteiger partial charge in [0.05, 0.1) is 0 Å². The molecule has 22 heavy (non-hydrogen) atoms. The second-order valence-corrected chi connectivity index (χ2v) is 9.97. The van der Waals surface area contributed by atoms with Crippen molar-refractivity contribution in [2.45, 2.75) is 81.9 Å². The summed E-state index contributed by atoms with van der Waals surface area (Å²) in [6.45, 7) is 0. The molecular formula is C15H30BF4P2-. The van der Waals surface area contributed by atoms with Crippen LogP contribution in [0.4, 0.5) is 17.3 Å². The predicted octanol–water partition coefficient (Wildman–Crippen LogP) is 6.70. The molecule has 1 unspecified atom stereocenters. The highest BCUT2D eigenvalue weighted by molar-refractivity contribution is 7.59. The SMILES string of the molecule is F[B-](F)(F)F.PCCCP(C1CCCCC1)C1CCCCC1. The predicted molar refractivity (Wildman–Crippen MR) is 94.9 cm³/mol. The molecule has 0 N–H and O–H groups in total. The lowest BCUT2D eigenvalue weighted by molar-refractivity contribution is 0.368. The highest BCUT2D eigenvalue weighted by atomic mass is 31.1. The Balaban J connectivity index is 0.000000422. The molecule has 2 aliphatic rings. The first-order valence-corrected chi connectivity index (χ1v) is 11.2. The summed E-state index contributed by atoms with van der Waals surface area (Å²) in [6, 6.07) is 0. The molecule has 7 heteroatoms. The van der Waals surface area contributed by atoms with Gasteiger partial charge in [-0.25, -0.2) is 0 Å². The first-order chi connectivity index (χ1) is 10.4.